The van der Waals surface area contributed by atoms with Crippen molar-refractivity contribution in [1.29, 1.82) is 0 Å². The number of carbonyl (C=O) groups excluding carboxylic acids is 2. The van der Waals surface area contributed by atoms with Gasteiger partial charge in [-0.05, 0) is 32.6 Å². The molecule has 0 radical (unpaired) electrons. The van der Waals surface area contributed by atoms with Gasteiger partial charge in [0.25, 0.3) is 0 Å². The minimum absolute atomic E-state index is 0. The standard InChI is InChI=1S/C18H32N4O3.HI/c1-3-25-17(24)14-7-6-12-22(13-14)18(19-2)20-11-10-16(23)21-15-8-4-5-9-15;/h14-15H,3-13H2,1-2H3,(H,19,20)(H,21,23);1H. The van der Waals surface area contributed by atoms with Gasteiger partial charge in [0, 0.05) is 39.1 Å². The van der Waals surface area contributed by atoms with E-state index in [1.54, 1.807) is 7.05 Å². The molecule has 0 bridgehead atoms. The van der Waals surface area contributed by atoms with Gasteiger partial charge in [-0.25, -0.2) is 0 Å². The van der Waals surface area contributed by atoms with Crippen LogP contribution in [-0.2, 0) is 14.3 Å². The summed E-state index contributed by atoms with van der Waals surface area (Å²) in [6.07, 6.45) is 6.86. The first-order chi connectivity index (χ1) is 12.1. The molecule has 0 aromatic carbocycles. The molecule has 0 aromatic heterocycles. The van der Waals surface area contributed by atoms with E-state index in [0.717, 1.165) is 38.2 Å². The Bertz CT molecular complexity index is 481. The minimum atomic E-state index is -0.126. The summed E-state index contributed by atoms with van der Waals surface area (Å²) < 4.78 is 5.14. The first-order valence-electron chi connectivity index (χ1n) is 9.55. The van der Waals surface area contributed by atoms with E-state index in [-0.39, 0.29) is 41.8 Å². The van der Waals surface area contributed by atoms with E-state index in [2.05, 4.69) is 20.5 Å². The molecule has 1 saturated carbocycles. The Kier molecular flexibility index (Phi) is 10.9. The average Bonchev–Trinajstić information content (AvgIpc) is 3.12. The van der Waals surface area contributed by atoms with Crippen LogP contribution in [-0.4, -0.2) is 62.1 Å². The maximum absolute atomic E-state index is 12.0. The number of nitrogens with zero attached hydrogens (tertiary/aromatic N) is 2. The fourth-order valence-corrected chi connectivity index (χ4v) is 3.61. The smallest absolute Gasteiger partial charge is 0.310 e. The molecule has 2 aliphatic rings. The summed E-state index contributed by atoms with van der Waals surface area (Å²) in [5, 5.41) is 6.34. The zero-order chi connectivity index (χ0) is 18.1. The predicted octanol–water partition coefficient (Wildman–Crippen LogP) is 1.90. The number of amides is 1. The highest BCUT2D eigenvalue weighted by Gasteiger charge is 2.28. The van der Waals surface area contributed by atoms with Gasteiger partial charge in [-0.15, -0.1) is 24.0 Å². The van der Waals surface area contributed by atoms with E-state index < -0.39 is 0 Å². The van der Waals surface area contributed by atoms with Crippen molar-refractivity contribution in [3.8, 4) is 0 Å². The first-order valence-corrected chi connectivity index (χ1v) is 9.55. The third kappa shape index (κ3) is 7.28. The fraction of sp³-hybridized carbons (Fsp3) is 0.833. The molecule has 2 rings (SSSR count). The van der Waals surface area contributed by atoms with Gasteiger partial charge in [-0.3, -0.25) is 14.6 Å². The van der Waals surface area contributed by atoms with E-state index in [0.29, 0.717) is 32.2 Å². The number of hydrogen-bond donors (Lipinski definition) is 2. The molecule has 2 fully saturated rings. The predicted molar refractivity (Wildman–Crippen MR) is 113 cm³/mol. The van der Waals surface area contributed by atoms with Crippen LogP contribution in [0.3, 0.4) is 0 Å². The molecular weight excluding hydrogens is 447 g/mol. The number of hydrogen-bond acceptors (Lipinski definition) is 4. The van der Waals surface area contributed by atoms with Crippen LogP contribution in [0.4, 0.5) is 0 Å². The second kappa shape index (κ2) is 12.3. The van der Waals surface area contributed by atoms with Crippen LogP contribution < -0.4 is 10.6 Å². The molecule has 0 spiro atoms. The van der Waals surface area contributed by atoms with Gasteiger partial charge in [0.05, 0.1) is 12.5 Å². The largest absolute Gasteiger partial charge is 0.466 e. The maximum Gasteiger partial charge on any atom is 0.310 e. The number of aliphatic imine (C=N–C) groups is 1. The van der Waals surface area contributed by atoms with Crippen LogP contribution in [0.25, 0.3) is 0 Å². The Balaban J connectivity index is 0.00000338. The molecule has 1 saturated heterocycles. The lowest BCUT2D eigenvalue weighted by molar-refractivity contribution is -0.149. The molecule has 1 aliphatic heterocycles. The quantitative estimate of drug-likeness (QED) is 0.263. The Morgan fingerprint density at radius 1 is 1.19 bits per heavy atom. The molecule has 1 unspecified atom stereocenters. The lowest BCUT2D eigenvalue weighted by atomic mass is 9.98. The second-order valence-electron chi connectivity index (χ2n) is 6.81. The van der Waals surface area contributed by atoms with E-state index >= 15 is 0 Å². The van der Waals surface area contributed by atoms with E-state index in [4.69, 9.17) is 4.74 Å². The van der Waals surface area contributed by atoms with Crippen molar-refractivity contribution >= 4 is 41.8 Å². The highest BCUT2D eigenvalue weighted by Crippen LogP contribution is 2.18. The van der Waals surface area contributed by atoms with Crippen molar-refractivity contribution in [2.45, 2.75) is 57.9 Å². The van der Waals surface area contributed by atoms with E-state index in [1.807, 2.05) is 6.92 Å². The van der Waals surface area contributed by atoms with Crippen LogP contribution in [0.15, 0.2) is 4.99 Å². The van der Waals surface area contributed by atoms with Crippen molar-refractivity contribution in [1.82, 2.24) is 15.5 Å². The SMILES string of the molecule is CCOC(=O)C1CCCN(C(=NC)NCCC(=O)NC2CCCC2)C1.I. The van der Waals surface area contributed by atoms with Crippen molar-refractivity contribution in [3.05, 3.63) is 0 Å². The van der Waals surface area contributed by atoms with Gasteiger partial charge in [0.15, 0.2) is 5.96 Å². The molecular formula is C18H33IN4O3. The van der Waals surface area contributed by atoms with Crippen molar-refractivity contribution < 1.29 is 14.3 Å². The fourth-order valence-electron chi connectivity index (χ4n) is 3.61. The first kappa shape index (κ1) is 23.0. The zero-order valence-corrected chi connectivity index (χ0v) is 18.3. The number of nitrogens with one attached hydrogen (secondary N) is 2. The van der Waals surface area contributed by atoms with Crippen molar-refractivity contribution in [2.24, 2.45) is 10.9 Å². The monoisotopic (exact) mass is 480 g/mol. The van der Waals surface area contributed by atoms with Crippen LogP contribution in [0.1, 0.15) is 51.9 Å². The van der Waals surface area contributed by atoms with E-state index in [1.165, 1.54) is 12.8 Å². The molecule has 1 heterocycles. The summed E-state index contributed by atoms with van der Waals surface area (Å²) in [7, 11) is 1.73. The van der Waals surface area contributed by atoms with Gasteiger partial charge < -0.3 is 20.3 Å². The molecule has 26 heavy (non-hydrogen) atoms. The highest BCUT2D eigenvalue weighted by molar-refractivity contribution is 14.0. The Labute approximate surface area is 173 Å². The molecule has 2 N–H and O–H groups in total. The molecule has 8 heteroatoms. The van der Waals surface area contributed by atoms with Crippen LogP contribution in [0.2, 0.25) is 0 Å². The summed E-state index contributed by atoms with van der Waals surface area (Å²) in [5.41, 5.74) is 0. The molecule has 7 nitrogen and oxygen atoms in total. The summed E-state index contributed by atoms with van der Waals surface area (Å²) in [6.45, 7) is 4.27. The number of ether oxygens (including phenoxy) is 1. The Hall–Kier alpha value is -1.06. The van der Waals surface area contributed by atoms with Gasteiger partial charge in [-0.1, -0.05) is 12.8 Å². The number of piperidine rings is 1. The van der Waals surface area contributed by atoms with Crippen LogP contribution >= 0.6 is 24.0 Å². The number of guanidine groups is 1. The summed E-state index contributed by atoms with van der Waals surface area (Å²) in [5.74, 6) is 0.622. The third-order valence-corrected chi connectivity index (χ3v) is 4.91. The number of likely N-dealkylation sites (tertiary alicyclic amines) is 1. The molecule has 0 aromatic rings. The van der Waals surface area contributed by atoms with Gasteiger partial charge in [0.2, 0.25) is 5.91 Å². The van der Waals surface area contributed by atoms with E-state index in [9.17, 15) is 9.59 Å². The summed E-state index contributed by atoms with van der Waals surface area (Å²) in [6, 6.07) is 0.360. The maximum atomic E-state index is 12.0. The molecule has 150 valence electrons. The van der Waals surface area contributed by atoms with Crippen LogP contribution in [0, 0.1) is 5.92 Å². The number of carbonyl (C=O) groups is 2. The Morgan fingerprint density at radius 3 is 2.58 bits per heavy atom. The highest BCUT2D eigenvalue weighted by atomic mass is 127. The second-order valence-corrected chi connectivity index (χ2v) is 6.81. The Morgan fingerprint density at radius 2 is 1.92 bits per heavy atom. The average molecular weight is 480 g/mol. The zero-order valence-electron chi connectivity index (χ0n) is 16.0. The lowest BCUT2D eigenvalue weighted by Gasteiger charge is -2.33. The summed E-state index contributed by atoms with van der Waals surface area (Å²) in [4.78, 5) is 30.3. The van der Waals surface area contributed by atoms with Gasteiger partial charge in [-0.2, -0.15) is 0 Å². The molecule has 1 aliphatic carbocycles. The number of rotatable bonds is 6. The van der Waals surface area contributed by atoms with Crippen molar-refractivity contribution in [3.63, 3.8) is 0 Å². The molecule has 1 atom stereocenters. The van der Waals surface area contributed by atoms with Gasteiger partial charge in [0.1, 0.15) is 0 Å². The minimum Gasteiger partial charge on any atom is -0.466 e. The van der Waals surface area contributed by atoms with Crippen LogP contribution in [0.5, 0.6) is 0 Å². The van der Waals surface area contributed by atoms with Crippen molar-refractivity contribution in [2.75, 3.05) is 33.3 Å². The third-order valence-electron chi connectivity index (χ3n) is 4.91. The number of halogens is 1. The molecule has 1 amide bonds. The summed E-state index contributed by atoms with van der Waals surface area (Å²) >= 11 is 0. The normalized spacial score (nSPS) is 21.1. The lowest BCUT2D eigenvalue weighted by Crippen LogP contribution is -2.49. The van der Waals surface area contributed by atoms with Gasteiger partial charge >= 0.3 is 5.97 Å². The topological polar surface area (TPSA) is 83.0 Å². The number of esters is 1.